The van der Waals surface area contributed by atoms with Gasteiger partial charge in [0.25, 0.3) is 0 Å². The molecule has 2 heterocycles. The molecule has 0 bridgehead atoms. The summed E-state index contributed by atoms with van der Waals surface area (Å²) in [5, 5.41) is 1.07. The number of aromatic nitrogens is 2. The van der Waals surface area contributed by atoms with Gasteiger partial charge >= 0.3 is 0 Å². The van der Waals surface area contributed by atoms with Crippen molar-refractivity contribution in [1.29, 1.82) is 0 Å². The lowest BCUT2D eigenvalue weighted by Crippen LogP contribution is -2.20. The molecular formula is C13H17N3. The van der Waals surface area contributed by atoms with Crippen LogP contribution in [0.5, 0.6) is 0 Å². The molecule has 2 aromatic heterocycles. The lowest BCUT2D eigenvalue weighted by atomic mass is 10.1. The third kappa shape index (κ3) is 1.91. The topological polar surface area (TPSA) is 51.8 Å². The number of fused-ring (bicyclic) bond motifs is 1. The first-order chi connectivity index (χ1) is 7.78. The van der Waals surface area contributed by atoms with E-state index in [0.717, 1.165) is 29.4 Å². The van der Waals surface area contributed by atoms with Crippen LogP contribution in [0.15, 0.2) is 30.6 Å². The normalized spacial score (nSPS) is 16.4. The fourth-order valence-corrected chi connectivity index (χ4v) is 1.63. The van der Waals surface area contributed by atoms with Crippen LogP contribution in [0.3, 0.4) is 0 Å². The standard InChI is InChI=1S/C11H11N3.C2H6/c12-11(4-5-11)10-2-1-8-7-13-6-3-9(8)14-10;1-2/h1-3,6-7H,4-5,12H2;1-2H3. The second-order valence-corrected chi connectivity index (χ2v) is 3.92. The summed E-state index contributed by atoms with van der Waals surface area (Å²) in [6.07, 6.45) is 5.69. The number of nitrogens with two attached hydrogens (primary N) is 1. The summed E-state index contributed by atoms with van der Waals surface area (Å²) in [7, 11) is 0. The van der Waals surface area contributed by atoms with Crippen LogP contribution in [-0.4, -0.2) is 9.97 Å². The number of hydrogen-bond donors (Lipinski definition) is 1. The molecule has 1 aliphatic carbocycles. The zero-order chi connectivity index (χ0) is 11.6. The smallest absolute Gasteiger partial charge is 0.0736 e. The molecule has 0 aliphatic heterocycles. The maximum atomic E-state index is 6.08. The molecule has 0 spiro atoms. The highest BCUT2D eigenvalue weighted by atomic mass is 14.9. The Morgan fingerprint density at radius 3 is 2.62 bits per heavy atom. The van der Waals surface area contributed by atoms with Crippen molar-refractivity contribution in [3.05, 3.63) is 36.3 Å². The average Bonchev–Trinajstić information content (AvgIpc) is 3.11. The average molecular weight is 215 g/mol. The Balaban J connectivity index is 0.000000457. The fraction of sp³-hybridized carbons (Fsp3) is 0.385. The molecule has 16 heavy (non-hydrogen) atoms. The van der Waals surface area contributed by atoms with Crippen molar-refractivity contribution in [2.45, 2.75) is 32.2 Å². The van der Waals surface area contributed by atoms with Gasteiger partial charge in [0.15, 0.2) is 0 Å². The molecule has 3 rings (SSSR count). The molecule has 0 radical (unpaired) electrons. The van der Waals surface area contributed by atoms with Crippen molar-refractivity contribution in [3.63, 3.8) is 0 Å². The van der Waals surface area contributed by atoms with Crippen molar-refractivity contribution >= 4 is 10.9 Å². The summed E-state index contributed by atoms with van der Waals surface area (Å²) in [5.74, 6) is 0. The molecule has 1 fully saturated rings. The van der Waals surface area contributed by atoms with E-state index in [1.807, 2.05) is 38.2 Å². The molecular weight excluding hydrogens is 198 g/mol. The van der Waals surface area contributed by atoms with E-state index >= 15 is 0 Å². The van der Waals surface area contributed by atoms with Crippen LogP contribution in [0.2, 0.25) is 0 Å². The minimum absolute atomic E-state index is 0.141. The van der Waals surface area contributed by atoms with Gasteiger partial charge in [-0.2, -0.15) is 0 Å². The van der Waals surface area contributed by atoms with Gasteiger partial charge in [0.2, 0.25) is 0 Å². The van der Waals surface area contributed by atoms with Crippen molar-refractivity contribution in [2.24, 2.45) is 5.73 Å². The number of rotatable bonds is 1. The van der Waals surface area contributed by atoms with E-state index in [9.17, 15) is 0 Å². The van der Waals surface area contributed by atoms with Gasteiger partial charge < -0.3 is 5.73 Å². The molecule has 1 saturated carbocycles. The summed E-state index contributed by atoms with van der Waals surface area (Å²) in [6.45, 7) is 4.00. The molecule has 0 saturated heterocycles. The maximum absolute atomic E-state index is 6.08. The minimum Gasteiger partial charge on any atom is -0.320 e. The van der Waals surface area contributed by atoms with Crippen LogP contribution in [0.25, 0.3) is 10.9 Å². The van der Waals surface area contributed by atoms with Gasteiger partial charge in [-0.25, -0.2) is 0 Å². The largest absolute Gasteiger partial charge is 0.320 e. The molecule has 3 heteroatoms. The van der Waals surface area contributed by atoms with Crippen LogP contribution in [0.1, 0.15) is 32.4 Å². The quantitative estimate of drug-likeness (QED) is 0.795. The minimum atomic E-state index is -0.141. The van der Waals surface area contributed by atoms with Crippen LogP contribution in [0, 0.1) is 0 Å². The number of hydrogen-bond acceptors (Lipinski definition) is 3. The third-order valence-corrected chi connectivity index (χ3v) is 2.79. The molecule has 0 atom stereocenters. The third-order valence-electron chi connectivity index (χ3n) is 2.79. The Bertz CT molecular complexity index is 489. The summed E-state index contributed by atoms with van der Waals surface area (Å²) in [5.41, 5.74) is 7.93. The number of nitrogens with zero attached hydrogens (tertiary/aromatic N) is 2. The second-order valence-electron chi connectivity index (χ2n) is 3.92. The Kier molecular flexibility index (Phi) is 2.88. The van der Waals surface area contributed by atoms with Gasteiger partial charge in [-0.05, 0) is 31.0 Å². The van der Waals surface area contributed by atoms with Crippen molar-refractivity contribution in [2.75, 3.05) is 0 Å². The molecule has 0 unspecified atom stereocenters. The zero-order valence-corrected chi connectivity index (χ0v) is 9.77. The first kappa shape index (κ1) is 11.0. The summed E-state index contributed by atoms with van der Waals surface area (Å²) in [6, 6.07) is 5.97. The lowest BCUT2D eigenvalue weighted by molar-refractivity contribution is 0.712. The Hall–Kier alpha value is -1.48. The summed E-state index contributed by atoms with van der Waals surface area (Å²) >= 11 is 0. The summed E-state index contributed by atoms with van der Waals surface area (Å²) in [4.78, 5) is 8.59. The van der Waals surface area contributed by atoms with Crippen LogP contribution in [-0.2, 0) is 5.54 Å². The summed E-state index contributed by atoms with van der Waals surface area (Å²) < 4.78 is 0. The van der Waals surface area contributed by atoms with E-state index < -0.39 is 0 Å². The van der Waals surface area contributed by atoms with Crippen molar-refractivity contribution in [3.8, 4) is 0 Å². The molecule has 0 aromatic carbocycles. The molecule has 1 aliphatic rings. The maximum Gasteiger partial charge on any atom is 0.0736 e. The van der Waals surface area contributed by atoms with Gasteiger partial charge in [0.05, 0.1) is 16.7 Å². The van der Waals surface area contributed by atoms with Crippen LogP contribution >= 0.6 is 0 Å². The number of pyridine rings is 2. The van der Waals surface area contributed by atoms with Crippen molar-refractivity contribution < 1.29 is 0 Å². The fourth-order valence-electron chi connectivity index (χ4n) is 1.63. The van der Waals surface area contributed by atoms with Crippen LogP contribution < -0.4 is 5.73 Å². The Morgan fingerprint density at radius 2 is 1.94 bits per heavy atom. The first-order valence-electron chi connectivity index (χ1n) is 5.78. The lowest BCUT2D eigenvalue weighted by Gasteiger charge is -2.08. The van der Waals surface area contributed by atoms with E-state index in [0.29, 0.717) is 0 Å². The van der Waals surface area contributed by atoms with Crippen LogP contribution in [0.4, 0.5) is 0 Å². The van der Waals surface area contributed by atoms with E-state index in [4.69, 9.17) is 5.73 Å². The van der Waals surface area contributed by atoms with E-state index in [2.05, 4.69) is 9.97 Å². The van der Waals surface area contributed by atoms with Gasteiger partial charge in [0, 0.05) is 17.8 Å². The van der Waals surface area contributed by atoms with Gasteiger partial charge in [-0.1, -0.05) is 13.8 Å². The second kappa shape index (κ2) is 4.18. The van der Waals surface area contributed by atoms with Crippen molar-refractivity contribution in [1.82, 2.24) is 9.97 Å². The SMILES string of the molecule is CC.NC1(c2ccc3cnccc3n2)CC1. The van der Waals surface area contributed by atoms with E-state index in [1.54, 1.807) is 6.20 Å². The molecule has 0 amide bonds. The highest BCUT2D eigenvalue weighted by Crippen LogP contribution is 2.41. The molecule has 2 N–H and O–H groups in total. The first-order valence-corrected chi connectivity index (χ1v) is 5.78. The predicted molar refractivity (Wildman–Crippen MR) is 66.0 cm³/mol. The molecule has 2 aromatic rings. The van der Waals surface area contributed by atoms with Gasteiger partial charge in [0.1, 0.15) is 0 Å². The highest BCUT2D eigenvalue weighted by molar-refractivity contribution is 5.77. The van der Waals surface area contributed by atoms with E-state index in [1.165, 1.54) is 0 Å². The van der Waals surface area contributed by atoms with E-state index in [-0.39, 0.29) is 5.54 Å². The zero-order valence-electron chi connectivity index (χ0n) is 9.77. The Morgan fingerprint density at radius 1 is 1.19 bits per heavy atom. The van der Waals surface area contributed by atoms with Gasteiger partial charge in [-0.3, -0.25) is 9.97 Å². The molecule has 3 nitrogen and oxygen atoms in total. The Labute approximate surface area is 95.7 Å². The highest BCUT2D eigenvalue weighted by Gasteiger charge is 2.41. The molecule has 84 valence electrons. The van der Waals surface area contributed by atoms with Gasteiger partial charge in [-0.15, -0.1) is 0 Å². The monoisotopic (exact) mass is 215 g/mol. The predicted octanol–water partition coefficient (Wildman–Crippen LogP) is 2.60.